The minimum absolute atomic E-state index is 0.0630. The third kappa shape index (κ3) is 4.03. The average Bonchev–Trinajstić information content (AvgIpc) is 3.20. The third-order valence-electron chi connectivity index (χ3n) is 2.84. The van der Waals surface area contributed by atoms with Gasteiger partial charge in [-0.2, -0.15) is 0 Å². The predicted octanol–water partition coefficient (Wildman–Crippen LogP) is 3.24. The smallest absolute Gasteiger partial charge is 0.433 e. The van der Waals surface area contributed by atoms with Crippen LogP contribution in [0.25, 0.3) is 11.0 Å². The number of sulfone groups is 1. The highest BCUT2D eigenvalue weighted by Gasteiger charge is 2.31. The van der Waals surface area contributed by atoms with Gasteiger partial charge in [-0.15, -0.1) is 0 Å². The number of nitro groups is 1. The van der Waals surface area contributed by atoms with Crippen LogP contribution in [0.2, 0.25) is 0 Å². The van der Waals surface area contributed by atoms with E-state index in [0.717, 1.165) is 25.3 Å². The topological polar surface area (TPSA) is 130 Å². The van der Waals surface area contributed by atoms with Crippen molar-refractivity contribution in [3.8, 4) is 0 Å². The van der Waals surface area contributed by atoms with Crippen molar-refractivity contribution in [2.24, 2.45) is 0 Å². The second-order valence-corrected chi connectivity index (χ2v) is 8.02. The van der Waals surface area contributed by atoms with Crippen LogP contribution in [0.15, 0.2) is 33.1 Å². The molecule has 2 heterocycles. The van der Waals surface area contributed by atoms with Gasteiger partial charge in [0.1, 0.15) is 15.6 Å². The number of furan rings is 2. The first-order chi connectivity index (χ1) is 11.7. The molecule has 0 saturated heterocycles. The molecule has 0 radical (unpaired) electrons. The normalized spacial score (nSPS) is 12.4. The Balaban J connectivity index is 2.57. The summed E-state index contributed by atoms with van der Waals surface area (Å²) in [7, 11) is -3.18. The molecular weight excluding hydrogens is 401 g/mol. The molecule has 0 N–H and O–H groups in total. The molecule has 25 heavy (non-hydrogen) atoms. The van der Waals surface area contributed by atoms with Crippen LogP contribution in [-0.4, -0.2) is 30.6 Å². The van der Waals surface area contributed by atoms with Crippen LogP contribution < -0.4 is 0 Å². The zero-order valence-corrected chi connectivity index (χ0v) is 14.7. The lowest BCUT2D eigenvalue weighted by atomic mass is 10.3. The first-order valence-corrected chi connectivity index (χ1v) is 8.75. The van der Waals surface area contributed by atoms with Gasteiger partial charge in [-0.05, 0) is 18.2 Å². The molecule has 0 aromatic carbocycles. The van der Waals surface area contributed by atoms with Crippen LogP contribution in [0.4, 0.5) is 5.88 Å². The van der Waals surface area contributed by atoms with Gasteiger partial charge in [0.25, 0.3) is 0 Å². The van der Waals surface area contributed by atoms with Gasteiger partial charge in [0, 0.05) is 6.08 Å². The maximum atomic E-state index is 12.3. The maximum Gasteiger partial charge on any atom is 0.433 e. The Morgan fingerprint density at radius 1 is 1.24 bits per heavy atom. The molecule has 9 nitrogen and oxygen atoms in total. The number of rotatable bonds is 6. The fourth-order valence-electron chi connectivity index (χ4n) is 1.72. The Morgan fingerprint density at radius 2 is 1.88 bits per heavy atom. The zero-order chi connectivity index (χ0) is 18.8. The van der Waals surface area contributed by atoms with Crippen LogP contribution >= 0.6 is 23.2 Å². The van der Waals surface area contributed by atoms with Crippen molar-refractivity contribution in [3.63, 3.8) is 0 Å². The van der Waals surface area contributed by atoms with E-state index in [1.165, 1.54) is 12.1 Å². The molecule has 0 spiro atoms. The van der Waals surface area contributed by atoms with E-state index in [1.807, 2.05) is 0 Å². The molecule has 0 amide bonds. The lowest BCUT2D eigenvalue weighted by molar-refractivity contribution is -0.402. The van der Waals surface area contributed by atoms with Gasteiger partial charge in [-0.3, -0.25) is 10.1 Å². The van der Waals surface area contributed by atoms with Crippen LogP contribution in [-0.2, 0) is 14.6 Å². The highest BCUT2D eigenvalue weighted by Crippen LogP contribution is 2.33. The number of carbonyl (C=O) groups is 1. The van der Waals surface area contributed by atoms with Gasteiger partial charge >= 0.3 is 11.9 Å². The summed E-state index contributed by atoms with van der Waals surface area (Å²) in [5.41, 5.74) is 0. The monoisotopic (exact) mass is 409 g/mol. The van der Waals surface area contributed by atoms with Crippen LogP contribution in [0.5, 0.6) is 0 Å². The Kier molecular flexibility index (Phi) is 5.55. The van der Waals surface area contributed by atoms with Crippen LogP contribution in [0.3, 0.4) is 0 Å². The van der Waals surface area contributed by atoms with E-state index in [1.54, 1.807) is 0 Å². The third-order valence-corrected chi connectivity index (χ3v) is 5.65. The molecule has 12 heteroatoms. The predicted molar refractivity (Wildman–Crippen MR) is 87.7 cm³/mol. The Labute approximate surface area is 150 Å². The number of nitrogens with zero attached hydrogens (tertiary/aromatic N) is 1. The summed E-state index contributed by atoms with van der Waals surface area (Å²) in [6.07, 6.45) is 0.974. The molecule has 0 unspecified atom stereocenters. The van der Waals surface area contributed by atoms with E-state index >= 15 is 0 Å². The first kappa shape index (κ1) is 19.0. The Bertz CT molecular complexity index is 941. The van der Waals surface area contributed by atoms with Crippen molar-refractivity contribution in [1.29, 1.82) is 0 Å². The van der Waals surface area contributed by atoms with Crippen molar-refractivity contribution in [2.75, 3.05) is 7.11 Å². The summed E-state index contributed by atoms with van der Waals surface area (Å²) in [6, 6.07) is 4.59. The maximum absolute atomic E-state index is 12.3. The minimum Gasteiger partial charge on any atom is -0.463 e. The van der Waals surface area contributed by atoms with E-state index in [4.69, 9.17) is 32.0 Å². The number of ether oxygens (including phenoxy) is 1. The number of alkyl halides is 2. The quantitative estimate of drug-likeness (QED) is 0.307. The largest absolute Gasteiger partial charge is 0.463 e. The van der Waals surface area contributed by atoms with Gasteiger partial charge in [0.15, 0.2) is 5.76 Å². The lowest BCUT2D eigenvalue weighted by Gasteiger charge is -2.06. The van der Waals surface area contributed by atoms with Crippen LogP contribution in [0, 0.1) is 10.1 Å². The molecule has 2 aromatic heterocycles. The van der Waals surface area contributed by atoms with Crippen molar-refractivity contribution in [2.45, 2.75) is 4.17 Å². The van der Waals surface area contributed by atoms with Gasteiger partial charge in [-0.25, -0.2) is 13.2 Å². The van der Waals surface area contributed by atoms with E-state index in [2.05, 4.69) is 4.74 Å². The van der Waals surface area contributed by atoms with Crippen molar-refractivity contribution in [3.05, 3.63) is 51.7 Å². The molecule has 0 aliphatic carbocycles. The van der Waals surface area contributed by atoms with E-state index in [9.17, 15) is 23.3 Å². The fourth-order valence-corrected chi connectivity index (χ4v) is 3.16. The van der Waals surface area contributed by atoms with Gasteiger partial charge < -0.3 is 13.6 Å². The molecule has 2 rings (SSSR count). The van der Waals surface area contributed by atoms with Crippen molar-refractivity contribution >= 4 is 55.9 Å². The highest BCUT2D eigenvalue weighted by atomic mass is 35.5. The molecule has 0 saturated carbocycles. The standard InChI is InChI=1S/C13H9Cl2NO8S/c1-22-12(17)9-3-2-7(23-9)6-10(25(20,21)13(14)15)8-4-5-11(24-8)16(18)19/h2-6,13H,1H3/b10-6-. The summed E-state index contributed by atoms with van der Waals surface area (Å²) in [5.74, 6) is -2.05. The molecular formula is C13H9Cl2NO8S. The molecule has 0 fully saturated rings. The highest BCUT2D eigenvalue weighted by molar-refractivity contribution is 8.03. The molecule has 0 bridgehead atoms. The lowest BCUT2D eigenvalue weighted by Crippen LogP contribution is -2.10. The number of halogens is 2. The minimum atomic E-state index is -4.32. The zero-order valence-electron chi connectivity index (χ0n) is 12.3. The summed E-state index contributed by atoms with van der Waals surface area (Å²) in [5, 5.41) is 10.7. The average molecular weight is 410 g/mol. The van der Waals surface area contributed by atoms with Crippen molar-refractivity contribution < 1.29 is 31.7 Å². The number of hydrogen-bond donors (Lipinski definition) is 0. The summed E-state index contributed by atoms with van der Waals surface area (Å²) >= 11 is 11.0. The number of hydrogen-bond acceptors (Lipinski definition) is 8. The van der Waals surface area contributed by atoms with Gasteiger partial charge in [0.2, 0.25) is 19.8 Å². The summed E-state index contributed by atoms with van der Waals surface area (Å²) in [6.45, 7) is 0. The molecule has 134 valence electrons. The number of methoxy groups -OCH3 is 1. The number of carbonyl (C=O) groups excluding carboxylic acids is 1. The number of esters is 1. The van der Waals surface area contributed by atoms with Gasteiger partial charge in [-0.1, -0.05) is 23.2 Å². The second-order valence-electron chi connectivity index (χ2n) is 4.40. The summed E-state index contributed by atoms with van der Waals surface area (Å²) < 4.78 is 37.3. The van der Waals surface area contributed by atoms with Crippen molar-refractivity contribution in [1.82, 2.24) is 0 Å². The van der Waals surface area contributed by atoms with E-state index < -0.39 is 35.7 Å². The van der Waals surface area contributed by atoms with E-state index in [0.29, 0.717) is 0 Å². The molecule has 0 atom stereocenters. The fraction of sp³-hybridized carbons (Fsp3) is 0.154. The van der Waals surface area contributed by atoms with Crippen LogP contribution in [0.1, 0.15) is 22.1 Å². The second kappa shape index (κ2) is 7.30. The van der Waals surface area contributed by atoms with E-state index in [-0.39, 0.29) is 17.3 Å². The van der Waals surface area contributed by atoms with Gasteiger partial charge in [0.05, 0.1) is 13.2 Å². The molecule has 0 aliphatic rings. The Morgan fingerprint density at radius 3 is 2.40 bits per heavy atom. The first-order valence-electron chi connectivity index (χ1n) is 6.33. The SMILES string of the molecule is COC(=O)c1ccc(/C=C(/c2ccc([N+](=O)[O-])o2)S(=O)(=O)C(Cl)Cl)o1. The summed E-state index contributed by atoms with van der Waals surface area (Å²) in [4.78, 5) is 20.7. The molecule has 2 aromatic rings. The molecule has 0 aliphatic heterocycles. The Hall–Kier alpha value is -2.30.